The highest BCUT2D eigenvalue weighted by molar-refractivity contribution is 8.18. The van der Waals surface area contributed by atoms with E-state index in [1.807, 2.05) is 73.7 Å². The average molecular weight is 432 g/mol. The lowest BCUT2D eigenvalue weighted by atomic mass is 10.1. The van der Waals surface area contributed by atoms with Crippen LogP contribution in [0.4, 0.5) is 5.69 Å². The zero-order chi connectivity index (χ0) is 21.8. The molecule has 1 aliphatic rings. The van der Waals surface area contributed by atoms with Crippen molar-refractivity contribution in [1.29, 1.82) is 0 Å². The Balaban J connectivity index is 1.54. The third kappa shape index (κ3) is 4.95. The summed E-state index contributed by atoms with van der Waals surface area (Å²) in [6.45, 7) is 2.46. The molecule has 0 saturated carbocycles. The van der Waals surface area contributed by atoms with E-state index < -0.39 is 0 Å². The van der Waals surface area contributed by atoms with Crippen LogP contribution in [0.3, 0.4) is 0 Å². The third-order valence-electron chi connectivity index (χ3n) is 4.67. The van der Waals surface area contributed by atoms with E-state index in [-0.39, 0.29) is 18.2 Å². The highest BCUT2D eigenvalue weighted by Crippen LogP contribution is 2.33. The summed E-state index contributed by atoms with van der Waals surface area (Å²) in [6, 6.07) is 19.3. The first-order valence-electron chi connectivity index (χ1n) is 9.84. The van der Waals surface area contributed by atoms with Gasteiger partial charge in [-0.25, -0.2) is 0 Å². The Morgan fingerprint density at radius 3 is 2.52 bits per heavy atom. The van der Waals surface area contributed by atoms with Gasteiger partial charge in [0.2, 0.25) is 5.91 Å². The average Bonchev–Trinajstić information content (AvgIpc) is 3.08. The molecule has 0 unspecified atom stereocenters. The fourth-order valence-electron chi connectivity index (χ4n) is 3.26. The van der Waals surface area contributed by atoms with E-state index >= 15 is 0 Å². The maximum Gasteiger partial charge on any atom is 0.286 e. The Labute approximate surface area is 184 Å². The second-order valence-corrected chi connectivity index (χ2v) is 8.00. The lowest BCUT2D eigenvalue weighted by molar-refractivity contribution is -0.117. The predicted molar refractivity (Wildman–Crippen MR) is 126 cm³/mol. The second kappa shape index (κ2) is 9.06. The van der Waals surface area contributed by atoms with E-state index in [0.717, 1.165) is 33.3 Å². The van der Waals surface area contributed by atoms with Crippen LogP contribution < -0.4 is 15.8 Å². The number of rotatable bonds is 6. The fraction of sp³-hybridized carbons (Fsp3) is 0.125. The number of primary amides is 1. The fourth-order valence-corrected chi connectivity index (χ4v) is 4.09. The number of ether oxygens (including phenoxy) is 1. The first kappa shape index (κ1) is 20.7. The van der Waals surface area contributed by atoms with Crippen molar-refractivity contribution in [1.82, 2.24) is 0 Å². The van der Waals surface area contributed by atoms with Gasteiger partial charge in [-0.15, -0.1) is 0 Å². The summed E-state index contributed by atoms with van der Waals surface area (Å²) < 4.78 is 5.80. The molecule has 1 aliphatic heterocycles. The number of carbonyl (C=O) groups excluding carboxylic acids is 2. The molecule has 0 radical (unpaired) electrons. The largest absolute Gasteiger partial charge is 0.493 e. The second-order valence-electron chi connectivity index (χ2n) is 6.97. The predicted octanol–water partition coefficient (Wildman–Crippen LogP) is 4.35. The molecule has 0 fully saturated rings. The van der Waals surface area contributed by atoms with Crippen LogP contribution in [-0.2, 0) is 16.0 Å². The molecule has 2 amide bonds. The minimum absolute atomic E-state index is 0.190. The van der Waals surface area contributed by atoms with Gasteiger partial charge in [-0.05, 0) is 65.4 Å². The van der Waals surface area contributed by atoms with Crippen LogP contribution in [0.25, 0.3) is 16.8 Å². The molecule has 4 rings (SSSR count). The molecule has 0 aliphatic carbocycles. The van der Waals surface area contributed by atoms with Gasteiger partial charge >= 0.3 is 0 Å². The monoisotopic (exact) mass is 431 g/mol. The number of hydrogen-bond acceptors (Lipinski definition) is 5. The topological polar surface area (TPSA) is 93.8 Å². The standard InChI is InChI=1S/C24H21N3O3S/c1-2-30-20-13-17-6-4-3-5-16(17)12-18(20)14-21-23(29)27-24(31-21)26-19-9-7-15(8-10-19)11-22(25)28/h3-10,12-14H,2,11H2,1H3,(H2,25,28)(H,26,27,29). The Bertz CT molecular complexity index is 1220. The number of nitrogens with two attached hydrogens (primary N) is 1. The van der Waals surface area contributed by atoms with Crippen LogP contribution in [-0.4, -0.2) is 23.6 Å². The minimum atomic E-state index is -0.378. The molecule has 3 aromatic carbocycles. The quantitative estimate of drug-likeness (QED) is 0.566. The molecule has 156 valence electrons. The van der Waals surface area contributed by atoms with Crippen LogP contribution >= 0.6 is 11.8 Å². The van der Waals surface area contributed by atoms with E-state index in [9.17, 15) is 9.59 Å². The Hall–Kier alpha value is -3.58. The highest BCUT2D eigenvalue weighted by atomic mass is 32.2. The van der Waals surface area contributed by atoms with Crippen molar-refractivity contribution in [3.63, 3.8) is 0 Å². The molecule has 0 spiro atoms. The summed E-state index contributed by atoms with van der Waals surface area (Å²) in [5.74, 6) is 0.0546. The van der Waals surface area contributed by atoms with Gasteiger partial charge in [0.05, 0.1) is 17.9 Å². The smallest absolute Gasteiger partial charge is 0.286 e. The number of hydrogen-bond donors (Lipinski definition) is 2. The Morgan fingerprint density at radius 2 is 1.84 bits per heavy atom. The van der Waals surface area contributed by atoms with Crippen molar-refractivity contribution in [2.45, 2.75) is 13.3 Å². The van der Waals surface area contributed by atoms with Gasteiger partial charge in [0.1, 0.15) is 5.75 Å². The van der Waals surface area contributed by atoms with Gasteiger partial charge in [-0.2, -0.15) is 4.99 Å². The molecule has 3 N–H and O–H groups in total. The van der Waals surface area contributed by atoms with Crippen LogP contribution in [0.5, 0.6) is 5.75 Å². The molecule has 0 aromatic heterocycles. The molecule has 6 nitrogen and oxygen atoms in total. The maximum absolute atomic E-state index is 12.5. The number of carbonyl (C=O) groups is 2. The first-order chi connectivity index (χ1) is 15.0. The van der Waals surface area contributed by atoms with Crippen LogP contribution in [0.1, 0.15) is 18.1 Å². The summed E-state index contributed by atoms with van der Waals surface area (Å²) in [7, 11) is 0. The van der Waals surface area contributed by atoms with Gasteiger partial charge in [0.25, 0.3) is 5.91 Å². The van der Waals surface area contributed by atoms with E-state index in [2.05, 4.69) is 10.3 Å². The number of anilines is 1. The number of benzene rings is 3. The van der Waals surface area contributed by atoms with Crippen LogP contribution in [0, 0.1) is 0 Å². The van der Waals surface area contributed by atoms with E-state index in [4.69, 9.17) is 10.5 Å². The molecular formula is C24H21N3O3S. The number of nitrogens with one attached hydrogen (secondary N) is 1. The van der Waals surface area contributed by atoms with Crippen molar-refractivity contribution >= 4 is 51.3 Å². The Morgan fingerprint density at radius 1 is 1.13 bits per heavy atom. The normalized spacial score (nSPS) is 14.7. The summed E-state index contributed by atoms with van der Waals surface area (Å²) in [4.78, 5) is 28.1. The van der Waals surface area contributed by atoms with Crippen molar-refractivity contribution in [3.8, 4) is 5.75 Å². The number of amides is 2. The molecule has 31 heavy (non-hydrogen) atoms. The molecule has 1 heterocycles. The summed E-state index contributed by atoms with van der Waals surface area (Å²) in [5, 5.41) is 5.79. The van der Waals surface area contributed by atoms with Gasteiger partial charge in [-0.3, -0.25) is 9.59 Å². The molecule has 0 saturated heterocycles. The summed E-state index contributed by atoms with van der Waals surface area (Å²) in [6.07, 6.45) is 2.01. The summed E-state index contributed by atoms with van der Waals surface area (Å²) in [5.41, 5.74) is 7.66. The highest BCUT2D eigenvalue weighted by Gasteiger charge is 2.22. The van der Waals surface area contributed by atoms with Crippen molar-refractivity contribution in [3.05, 3.63) is 76.7 Å². The van der Waals surface area contributed by atoms with Gasteiger partial charge < -0.3 is 15.8 Å². The maximum atomic E-state index is 12.5. The van der Waals surface area contributed by atoms with Crippen molar-refractivity contribution in [2.75, 3.05) is 11.9 Å². The first-order valence-corrected chi connectivity index (χ1v) is 10.7. The number of thioether (sulfide) groups is 1. The van der Waals surface area contributed by atoms with Gasteiger partial charge in [-0.1, -0.05) is 36.4 Å². The Kier molecular flexibility index (Phi) is 6.04. The van der Waals surface area contributed by atoms with E-state index in [1.165, 1.54) is 11.8 Å². The van der Waals surface area contributed by atoms with E-state index in [1.54, 1.807) is 0 Å². The lowest BCUT2D eigenvalue weighted by Crippen LogP contribution is -2.13. The minimum Gasteiger partial charge on any atom is -0.493 e. The zero-order valence-corrected chi connectivity index (χ0v) is 17.7. The molecule has 7 heteroatoms. The SMILES string of the molecule is CCOc1cc2ccccc2cc1C=C1SC(Nc2ccc(CC(N)=O)cc2)=NC1=O. The molecule has 3 aromatic rings. The van der Waals surface area contributed by atoms with Crippen molar-refractivity contribution in [2.24, 2.45) is 10.7 Å². The lowest BCUT2D eigenvalue weighted by Gasteiger charge is -2.10. The van der Waals surface area contributed by atoms with Crippen molar-refractivity contribution < 1.29 is 14.3 Å². The summed E-state index contributed by atoms with van der Waals surface area (Å²) >= 11 is 1.28. The number of nitrogens with zero attached hydrogens (tertiary/aromatic N) is 1. The number of amidine groups is 1. The van der Waals surface area contributed by atoms with Crippen LogP contribution in [0.2, 0.25) is 0 Å². The molecule has 0 bridgehead atoms. The van der Waals surface area contributed by atoms with Gasteiger partial charge in [0, 0.05) is 11.3 Å². The molecule has 0 atom stereocenters. The number of aliphatic imine (C=N–C) groups is 1. The number of fused-ring (bicyclic) bond motifs is 1. The van der Waals surface area contributed by atoms with Gasteiger partial charge in [0.15, 0.2) is 5.17 Å². The van der Waals surface area contributed by atoms with E-state index in [0.29, 0.717) is 16.7 Å². The third-order valence-corrected chi connectivity index (χ3v) is 5.57. The van der Waals surface area contributed by atoms with Crippen LogP contribution in [0.15, 0.2) is 70.6 Å². The molecular weight excluding hydrogens is 410 g/mol. The zero-order valence-electron chi connectivity index (χ0n) is 16.9.